The predicted octanol–water partition coefficient (Wildman–Crippen LogP) is 2.42. The Bertz CT molecular complexity index is 681. The number of nitro groups is 1. The molecule has 0 saturated carbocycles. The lowest BCUT2D eigenvalue weighted by Crippen LogP contribution is -2.11. The molecule has 0 radical (unpaired) electrons. The molecule has 0 atom stereocenters. The van der Waals surface area contributed by atoms with Crippen LogP contribution in [0.15, 0.2) is 33.5 Å². The highest BCUT2D eigenvalue weighted by Crippen LogP contribution is 2.21. The van der Waals surface area contributed by atoms with E-state index in [4.69, 9.17) is 0 Å². The van der Waals surface area contributed by atoms with Crippen LogP contribution in [0.2, 0.25) is 0 Å². The molecule has 1 N–H and O–H groups in total. The minimum absolute atomic E-state index is 0.0456. The van der Waals surface area contributed by atoms with E-state index in [2.05, 4.69) is 25.9 Å². The summed E-state index contributed by atoms with van der Waals surface area (Å²) in [6.45, 7) is 1.68. The highest BCUT2D eigenvalue weighted by molar-refractivity contribution is 9.10. The third-order valence-electron chi connectivity index (χ3n) is 2.36. The number of rotatable bonds is 2. The summed E-state index contributed by atoms with van der Waals surface area (Å²) in [5.74, 6) is 0.310. The fourth-order valence-electron chi connectivity index (χ4n) is 1.47. The minimum atomic E-state index is -0.493. The number of aryl methyl sites for hydroxylation is 1. The van der Waals surface area contributed by atoms with Crippen LogP contribution in [-0.2, 0) is 0 Å². The standard InChI is InChI=1S/C11H8BrN3O3/c1-6-9(12)11(16)14-10(13-6)7-3-2-4-8(5-7)15(17)18/h2-5H,1H3,(H,13,14,16). The number of nitro benzene ring substituents is 1. The number of halogens is 1. The Balaban J connectivity index is 2.59. The second-order valence-corrected chi connectivity index (χ2v) is 4.41. The van der Waals surface area contributed by atoms with Crippen molar-refractivity contribution in [2.75, 3.05) is 0 Å². The van der Waals surface area contributed by atoms with E-state index in [0.717, 1.165) is 0 Å². The van der Waals surface area contributed by atoms with Crippen LogP contribution in [0.25, 0.3) is 11.4 Å². The third-order valence-corrected chi connectivity index (χ3v) is 3.29. The first-order valence-electron chi connectivity index (χ1n) is 5.00. The number of benzene rings is 1. The van der Waals surface area contributed by atoms with Gasteiger partial charge in [-0.1, -0.05) is 12.1 Å². The molecule has 0 unspecified atom stereocenters. The van der Waals surface area contributed by atoms with Crippen molar-refractivity contribution in [3.63, 3.8) is 0 Å². The number of nitrogens with one attached hydrogen (secondary N) is 1. The molecule has 0 bridgehead atoms. The lowest BCUT2D eigenvalue weighted by atomic mass is 10.2. The van der Waals surface area contributed by atoms with Gasteiger partial charge in [-0.2, -0.15) is 0 Å². The van der Waals surface area contributed by atoms with Crippen molar-refractivity contribution in [3.05, 3.63) is 54.9 Å². The number of H-pyrrole nitrogens is 1. The maximum atomic E-state index is 11.6. The van der Waals surface area contributed by atoms with Crippen LogP contribution in [0.5, 0.6) is 0 Å². The van der Waals surface area contributed by atoms with Gasteiger partial charge in [0, 0.05) is 17.7 Å². The van der Waals surface area contributed by atoms with Crippen molar-refractivity contribution in [2.24, 2.45) is 0 Å². The summed E-state index contributed by atoms with van der Waals surface area (Å²) < 4.78 is 0.358. The van der Waals surface area contributed by atoms with Crippen molar-refractivity contribution in [3.8, 4) is 11.4 Å². The van der Waals surface area contributed by atoms with E-state index in [1.165, 1.54) is 12.1 Å². The zero-order valence-corrected chi connectivity index (χ0v) is 10.9. The van der Waals surface area contributed by atoms with E-state index < -0.39 is 4.92 Å². The topological polar surface area (TPSA) is 88.9 Å². The molecule has 92 valence electrons. The fraction of sp³-hybridized carbons (Fsp3) is 0.0909. The molecule has 0 aliphatic rings. The molecular formula is C11H8BrN3O3. The molecule has 1 heterocycles. The molecular weight excluding hydrogens is 302 g/mol. The van der Waals surface area contributed by atoms with Gasteiger partial charge in [-0.15, -0.1) is 0 Å². The molecule has 0 spiro atoms. The molecule has 1 aromatic carbocycles. The fourth-order valence-corrected chi connectivity index (χ4v) is 1.66. The van der Waals surface area contributed by atoms with Crippen LogP contribution in [0.4, 0.5) is 5.69 Å². The Labute approximate surface area is 110 Å². The normalized spacial score (nSPS) is 10.3. The van der Waals surface area contributed by atoms with Gasteiger partial charge in [-0.25, -0.2) is 4.98 Å². The van der Waals surface area contributed by atoms with Gasteiger partial charge in [0.25, 0.3) is 11.2 Å². The zero-order chi connectivity index (χ0) is 13.3. The molecule has 18 heavy (non-hydrogen) atoms. The van der Waals surface area contributed by atoms with E-state index >= 15 is 0 Å². The van der Waals surface area contributed by atoms with Gasteiger partial charge < -0.3 is 4.98 Å². The van der Waals surface area contributed by atoms with Crippen molar-refractivity contribution in [2.45, 2.75) is 6.92 Å². The van der Waals surface area contributed by atoms with Crippen molar-refractivity contribution >= 4 is 21.6 Å². The molecule has 2 rings (SSSR count). The zero-order valence-electron chi connectivity index (χ0n) is 9.31. The lowest BCUT2D eigenvalue weighted by Gasteiger charge is -2.03. The predicted molar refractivity (Wildman–Crippen MR) is 69.4 cm³/mol. The smallest absolute Gasteiger partial charge is 0.270 e. The molecule has 7 heteroatoms. The maximum absolute atomic E-state index is 11.6. The summed E-state index contributed by atoms with van der Waals surface area (Å²) >= 11 is 3.11. The van der Waals surface area contributed by atoms with E-state index in [0.29, 0.717) is 21.6 Å². The van der Waals surface area contributed by atoms with Gasteiger partial charge in [0.05, 0.1) is 10.6 Å². The van der Waals surface area contributed by atoms with Gasteiger partial charge in [-0.05, 0) is 22.9 Å². The number of aromatic amines is 1. The Morgan fingerprint density at radius 1 is 1.44 bits per heavy atom. The monoisotopic (exact) mass is 309 g/mol. The molecule has 1 aromatic heterocycles. The van der Waals surface area contributed by atoms with E-state index in [-0.39, 0.29) is 11.2 Å². The van der Waals surface area contributed by atoms with Crippen LogP contribution >= 0.6 is 15.9 Å². The summed E-state index contributed by atoms with van der Waals surface area (Å²) in [6, 6.07) is 5.95. The molecule has 2 aromatic rings. The molecule has 0 amide bonds. The Morgan fingerprint density at radius 3 is 2.78 bits per heavy atom. The minimum Gasteiger partial charge on any atom is -0.306 e. The largest absolute Gasteiger partial charge is 0.306 e. The summed E-state index contributed by atoms with van der Waals surface area (Å²) in [5, 5.41) is 10.7. The van der Waals surface area contributed by atoms with Crippen LogP contribution in [0.3, 0.4) is 0 Å². The summed E-state index contributed by atoms with van der Waals surface area (Å²) in [6.07, 6.45) is 0. The molecule has 0 fully saturated rings. The summed E-state index contributed by atoms with van der Waals surface area (Å²) in [4.78, 5) is 28.5. The first-order valence-corrected chi connectivity index (χ1v) is 5.79. The average molecular weight is 310 g/mol. The van der Waals surface area contributed by atoms with Crippen LogP contribution < -0.4 is 5.56 Å². The SMILES string of the molecule is Cc1nc(-c2cccc([N+](=O)[O-])c2)[nH]c(=O)c1Br. The third kappa shape index (κ3) is 2.30. The van der Waals surface area contributed by atoms with Crippen molar-refractivity contribution < 1.29 is 4.92 Å². The first kappa shape index (κ1) is 12.4. The molecule has 0 aliphatic carbocycles. The Hall–Kier alpha value is -2.02. The molecule has 6 nitrogen and oxygen atoms in total. The van der Waals surface area contributed by atoms with Gasteiger partial charge >= 0.3 is 0 Å². The van der Waals surface area contributed by atoms with Crippen LogP contribution in [0.1, 0.15) is 5.69 Å². The molecule has 0 saturated heterocycles. The van der Waals surface area contributed by atoms with Crippen LogP contribution in [-0.4, -0.2) is 14.9 Å². The molecule has 0 aliphatic heterocycles. The Kier molecular flexibility index (Phi) is 3.24. The maximum Gasteiger partial charge on any atom is 0.270 e. The highest BCUT2D eigenvalue weighted by Gasteiger charge is 2.10. The van der Waals surface area contributed by atoms with E-state index in [1.807, 2.05) is 0 Å². The summed E-state index contributed by atoms with van der Waals surface area (Å²) in [5.41, 5.74) is 0.664. The lowest BCUT2D eigenvalue weighted by molar-refractivity contribution is -0.384. The van der Waals surface area contributed by atoms with Gasteiger partial charge in [0.1, 0.15) is 10.3 Å². The summed E-state index contributed by atoms with van der Waals surface area (Å²) in [7, 11) is 0. The highest BCUT2D eigenvalue weighted by atomic mass is 79.9. The number of hydrogen-bond donors (Lipinski definition) is 1. The van der Waals surface area contributed by atoms with E-state index in [1.54, 1.807) is 19.1 Å². The van der Waals surface area contributed by atoms with Gasteiger partial charge in [0.15, 0.2) is 0 Å². The Morgan fingerprint density at radius 2 is 2.17 bits per heavy atom. The van der Waals surface area contributed by atoms with Crippen molar-refractivity contribution in [1.82, 2.24) is 9.97 Å². The number of nitrogens with zero attached hydrogens (tertiary/aromatic N) is 2. The number of hydrogen-bond acceptors (Lipinski definition) is 4. The number of non-ortho nitro benzene ring substituents is 1. The first-order chi connectivity index (χ1) is 8.49. The second-order valence-electron chi connectivity index (χ2n) is 3.62. The van der Waals surface area contributed by atoms with E-state index in [9.17, 15) is 14.9 Å². The van der Waals surface area contributed by atoms with Gasteiger partial charge in [-0.3, -0.25) is 14.9 Å². The quantitative estimate of drug-likeness (QED) is 0.681. The van der Waals surface area contributed by atoms with Gasteiger partial charge in [0.2, 0.25) is 0 Å². The number of aromatic nitrogens is 2. The van der Waals surface area contributed by atoms with Crippen LogP contribution in [0, 0.1) is 17.0 Å². The second kappa shape index (κ2) is 4.69. The average Bonchev–Trinajstić information content (AvgIpc) is 2.35. The van der Waals surface area contributed by atoms with Crippen molar-refractivity contribution in [1.29, 1.82) is 0 Å².